The Balaban J connectivity index is 1.74. The molecular formula is C15H12ClF3N6O. The molecule has 3 aromatic rings. The molecule has 11 heteroatoms. The summed E-state index contributed by atoms with van der Waals surface area (Å²) in [5.41, 5.74) is -0.0294. The Kier molecular flexibility index (Phi) is 4.68. The van der Waals surface area contributed by atoms with E-state index < -0.39 is 22.7 Å². The molecule has 1 amide bonds. The summed E-state index contributed by atoms with van der Waals surface area (Å²) in [7, 11) is 1.62. The third-order valence-corrected chi connectivity index (χ3v) is 3.83. The van der Waals surface area contributed by atoms with Crippen molar-refractivity contribution in [1.29, 1.82) is 0 Å². The largest absolute Gasteiger partial charge is 0.417 e. The molecule has 136 valence electrons. The van der Waals surface area contributed by atoms with Gasteiger partial charge in [0, 0.05) is 12.7 Å². The second-order valence-corrected chi connectivity index (χ2v) is 5.80. The fourth-order valence-corrected chi connectivity index (χ4v) is 2.58. The number of aromatic nitrogens is 4. The van der Waals surface area contributed by atoms with Gasteiger partial charge in [-0.15, -0.1) is 0 Å². The molecule has 0 saturated carbocycles. The van der Waals surface area contributed by atoms with E-state index in [4.69, 9.17) is 11.6 Å². The Morgan fingerprint density at radius 1 is 1.31 bits per heavy atom. The second-order valence-electron chi connectivity index (χ2n) is 5.40. The Labute approximate surface area is 150 Å². The maximum absolute atomic E-state index is 12.9. The van der Waals surface area contributed by atoms with Crippen LogP contribution in [0, 0.1) is 0 Å². The van der Waals surface area contributed by atoms with Crippen LogP contribution in [-0.2, 0) is 11.0 Å². The lowest BCUT2D eigenvalue weighted by atomic mass is 10.2. The molecule has 1 aromatic carbocycles. The second kappa shape index (κ2) is 6.79. The SMILES string of the molecule is CN(CC(=O)Nc1ccc(Cl)c(C(F)(F)F)c1)c1ncnc2nc[nH]c12. The summed E-state index contributed by atoms with van der Waals surface area (Å²) >= 11 is 5.56. The first-order valence-electron chi connectivity index (χ1n) is 7.27. The number of carbonyl (C=O) groups is 1. The number of amides is 1. The molecule has 2 aromatic heterocycles. The van der Waals surface area contributed by atoms with Crippen LogP contribution < -0.4 is 10.2 Å². The summed E-state index contributed by atoms with van der Waals surface area (Å²) in [4.78, 5) is 28.6. The molecule has 26 heavy (non-hydrogen) atoms. The summed E-state index contributed by atoms with van der Waals surface area (Å²) in [6.45, 7) is -0.144. The van der Waals surface area contributed by atoms with Crippen molar-refractivity contribution in [2.24, 2.45) is 0 Å². The molecule has 0 spiro atoms. The van der Waals surface area contributed by atoms with E-state index in [9.17, 15) is 18.0 Å². The van der Waals surface area contributed by atoms with Crippen LogP contribution in [-0.4, -0.2) is 39.4 Å². The predicted octanol–water partition coefficient (Wildman–Crippen LogP) is 3.10. The predicted molar refractivity (Wildman–Crippen MR) is 90.0 cm³/mol. The number of H-pyrrole nitrogens is 1. The van der Waals surface area contributed by atoms with Crippen LogP contribution in [0.4, 0.5) is 24.7 Å². The maximum atomic E-state index is 12.9. The fraction of sp³-hybridized carbons (Fsp3) is 0.200. The van der Waals surface area contributed by atoms with E-state index >= 15 is 0 Å². The van der Waals surface area contributed by atoms with E-state index in [1.165, 1.54) is 23.6 Å². The molecule has 0 aliphatic heterocycles. The zero-order valence-electron chi connectivity index (χ0n) is 13.3. The van der Waals surface area contributed by atoms with Crippen LogP contribution in [0.15, 0.2) is 30.9 Å². The van der Waals surface area contributed by atoms with Crippen LogP contribution in [0.1, 0.15) is 5.56 Å². The highest BCUT2D eigenvalue weighted by atomic mass is 35.5. The number of nitrogens with one attached hydrogen (secondary N) is 2. The van der Waals surface area contributed by atoms with Crippen molar-refractivity contribution in [2.75, 3.05) is 23.8 Å². The number of carbonyl (C=O) groups excluding carboxylic acids is 1. The van der Waals surface area contributed by atoms with Crippen LogP contribution in [0.2, 0.25) is 5.02 Å². The summed E-state index contributed by atoms with van der Waals surface area (Å²) in [5, 5.41) is 1.98. The van der Waals surface area contributed by atoms with Gasteiger partial charge >= 0.3 is 6.18 Å². The zero-order valence-corrected chi connectivity index (χ0v) is 14.1. The van der Waals surface area contributed by atoms with Crippen molar-refractivity contribution in [3.05, 3.63) is 41.4 Å². The maximum Gasteiger partial charge on any atom is 0.417 e. The van der Waals surface area contributed by atoms with Gasteiger partial charge in [-0.3, -0.25) is 4.79 Å². The Morgan fingerprint density at radius 2 is 2.08 bits per heavy atom. The molecule has 0 atom stereocenters. The molecule has 2 N–H and O–H groups in total. The number of halogens is 4. The van der Waals surface area contributed by atoms with Crippen LogP contribution in [0.25, 0.3) is 11.2 Å². The van der Waals surface area contributed by atoms with Crippen molar-refractivity contribution in [3.8, 4) is 0 Å². The fourth-order valence-electron chi connectivity index (χ4n) is 2.35. The van der Waals surface area contributed by atoms with E-state index in [2.05, 4.69) is 25.3 Å². The highest BCUT2D eigenvalue weighted by molar-refractivity contribution is 6.31. The highest BCUT2D eigenvalue weighted by Gasteiger charge is 2.33. The monoisotopic (exact) mass is 384 g/mol. The standard InChI is InChI=1S/C15H12ClF3N6O/c1-25(14-12-13(21-6-20-12)22-7-23-14)5-11(26)24-8-2-3-10(16)9(4-8)15(17,18)19/h2-4,6-7H,5H2,1H3,(H,24,26)(H,20,21,22,23). The van der Waals surface area contributed by atoms with Gasteiger partial charge in [0.15, 0.2) is 11.5 Å². The van der Waals surface area contributed by atoms with Crippen LogP contribution in [0.3, 0.4) is 0 Å². The average molecular weight is 385 g/mol. The summed E-state index contributed by atoms with van der Waals surface area (Å²) in [5.74, 6) is -0.0797. The first-order valence-corrected chi connectivity index (χ1v) is 7.65. The van der Waals surface area contributed by atoms with Crippen molar-refractivity contribution in [2.45, 2.75) is 6.18 Å². The molecule has 0 fully saturated rings. The summed E-state index contributed by atoms with van der Waals surface area (Å²) in [6, 6.07) is 3.17. The quantitative estimate of drug-likeness (QED) is 0.721. The molecule has 0 bridgehead atoms. The minimum atomic E-state index is -4.61. The van der Waals surface area contributed by atoms with Gasteiger partial charge in [0.2, 0.25) is 5.91 Å². The molecule has 2 heterocycles. The van der Waals surface area contributed by atoms with Gasteiger partial charge in [0.1, 0.15) is 11.8 Å². The topological polar surface area (TPSA) is 86.8 Å². The number of hydrogen-bond acceptors (Lipinski definition) is 5. The molecule has 0 aliphatic carbocycles. The average Bonchev–Trinajstić information content (AvgIpc) is 3.04. The molecule has 7 nitrogen and oxygen atoms in total. The molecule has 3 rings (SSSR count). The van der Waals surface area contributed by atoms with Gasteiger partial charge < -0.3 is 15.2 Å². The van der Waals surface area contributed by atoms with Crippen LogP contribution in [0.5, 0.6) is 0 Å². The number of nitrogens with zero attached hydrogens (tertiary/aromatic N) is 4. The summed E-state index contributed by atoms with van der Waals surface area (Å²) in [6.07, 6.45) is -1.85. The first-order chi connectivity index (χ1) is 12.3. The van der Waals surface area contributed by atoms with E-state index in [1.54, 1.807) is 7.05 Å². The number of imidazole rings is 1. The van der Waals surface area contributed by atoms with Crippen molar-refractivity contribution in [3.63, 3.8) is 0 Å². The lowest BCUT2D eigenvalue weighted by molar-refractivity contribution is -0.137. The van der Waals surface area contributed by atoms with Gasteiger partial charge in [-0.2, -0.15) is 13.2 Å². The van der Waals surface area contributed by atoms with Crippen molar-refractivity contribution < 1.29 is 18.0 Å². The minimum Gasteiger partial charge on any atom is -0.348 e. The van der Waals surface area contributed by atoms with E-state index in [1.807, 2.05) is 0 Å². The molecule has 0 saturated heterocycles. The van der Waals surface area contributed by atoms with Gasteiger partial charge in [-0.25, -0.2) is 15.0 Å². The molecule has 0 unspecified atom stereocenters. The third-order valence-electron chi connectivity index (χ3n) is 3.50. The number of fused-ring (bicyclic) bond motifs is 1. The van der Waals surface area contributed by atoms with Gasteiger partial charge in [0.05, 0.1) is 23.5 Å². The van der Waals surface area contributed by atoms with E-state index in [0.717, 1.165) is 12.1 Å². The van der Waals surface area contributed by atoms with Crippen LogP contribution >= 0.6 is 11.6 Å². The minimum absolute atomic E-state index is 0.00509. The number of rotatable bonds is 4. The Morgan fingerprint density at radius 3 is 2.81 bits per heavy atom. The molecule has 0 radical (unpaired) electrons. The smallest absolute Gasteiger partial charge is 0.348 e. The molecule has 0 aliphatic rings. The molecular weight excluding hydrogens is 373 g/mol. The number of alkyl halides is 3. The van der Waals surface area contributed by atoms with Crippen molar-refractivity contribution in [1.82, 2.24) is 19.9 Å². The highest BCUT2D eigenvalue weighted by Crippen LogP contribution is 2.36. The lowest BCUT2D eigenvalue weighted by Crippen LogP contribution is -2.31. The van der Waals surface area contributed by atoms with E-state index in [-0.39, 0.29) is 12.2 Å². The number of benzene rings is 1. The normalized spacial score (nSPS) is 11.6. The number of likely N-dealkylation sites (N-methyl/N-ethyl adjacent to an activating group) is 1. The van der Waals surface area contributed by atoms with Gasteiger partial charge in [-0.05, 0) is 18.2 Å². The van der Waals surface area contributed by atoms with Gasteiger partial charge in [0.25, 0.3) is 0 Å². The number of anilines is 2. The zero-order chi connectivity index (χ0) is 18.9. The summed E-state index contributed by atoms with van der Waals surface area (Å²) < 4.78 is 38.7. The Bertz CT molecular complexity index is 958. The lowest BCUT2D eigenvalue weighted by Gasteiger charge is -2.18. The Hall–Kier alpha value is -2.88. The van der Waals surface area contributed by atoms with Crippen molar-refractivity contribution >= 4 is 40.2 Å². The first kappa shape index (κ1) is 17.9. The number of hydrogen-bond donors (Lipinski definition) is 2. The third kappa shape index (κ3) is 3.69. The van der Waals surface area contributed by atoms with Gasteiger partial charge in [-0.1, -0.05) is 11.6 Å². The number of aromatic amines is 1. The van der Waals surface area contributed by atoms with E-state index in [0.29, 0.717) is 17.0 Å².